The fourth-order valence-electron chi connectivity index (χ4n) is 2.23. The van der Waals surface area contributed by atoms with E-state index in [2.05, 4.69) is 34.6 Å². The molecule has 0 saturated carbocycles. The number of rotatable bonds is 4. The van der Waals surface area contributed by atoms with Crippen LogP contribution in [0.4, 0.5) is 0 Å². The van der Waals surface area contributed by atoms with Crippen LogP contribution in [0.25, 0.3) is 5.76 Å². The molecular weight excluding hydrogens is 288 g/mol. The number of hydrogen-bond acceptors (Lipinski definition) is 3. The summed E-state index contributed by atoms with van der Waals surface area (Å²) in [6.07, 6.45) is 3.23. The molecule has 0 amide bonds. The van der Waals surface area contributed by atoms with E-state index in [1.54, 1.807) is 31.2 Å². The van der Waals surface area contributed by atoms with Gasteiger partial charge in [0.1, 0.15) is 11.5 Å². The average Bonchev–Trinajstić information content (AvgIpc) is 2.42. The third-order valence-corrected chi connectivity index (χ3v) is 4.82. The van der Waals surface area contributed by atoms with Crippen molar-refractivity contribution in [1.29, 1.82) is 0 Å². The van der Waals surface area contributed by atoms with Crippen molar-refractivity contribution in [3.8, 4) is 5.75 Å². The molecule has 1 rings (SSSR count). The fraction of sp³-hybridized carbons (Fsp3) is 0.450. The molecule has 0 radical (unpaired) electrons. The Balaban J connectivity index is 3.46. The quantitative estimate of drug-likeness (QED) is 0.459. The van der Waals surface area contributed by atoms with Crippen molar-refractivity contribution < 1.29 is 15.0 Å². The van der Waals surface area contributed by atoms with Gasteiger partial charge < -0.3 is 10.2 Å². The third-order valence-electron chi connectivity index (χ3n) is 4.82. The van der Waals surface area contributed by atoms with Gasteiger partial charge in [-0.3, -0.25) is 4.79 Å². The zero-order valence-electron chi connectivity index (χ0n) is 15.2. The predicted molar refractivity (Wildman–Crippen MR) is 95.6 cm³/mol. The van der Waals surface area contributed by atoms with Gasteiger partial charge in [-0.05, 0) is 42.4 Å². The van der Waals surface area contributed by atoms with Crippen LogP contribution in [0.1, 0.15) is 59.6 Å². The zero-order chi connectivity index (χ0) is 18.0. The third kappa shape index (κ3) is 3.84. The van der Waals surface area contributed by atoms with Crippen molar-refractivity contribution in [2.45, 2.75) is 53.9 Å². The molecule has 1 aromatic rings. The van der Waals surface area contributed by atoms with Gasteiger partial charge in [0.05, 0.1) is 11.1 Å². The predicted octanol–water partition coefficient (Wildman–Crippen LogP) is 5.15. The van der Waals surface area contributed by atoms with Crippen LogP contribution in [0.15, 0.2) is 35.9 Å². The lowest BCUT2D eigenvalue weighted by Gasteiger charge is -2.39. The molecule has 0 aromatic heterocycles. The molecule has 0 aliphatic carbocycles. The summed E-state index contributed by atoms with van der Waals surface area (Å²) in [5.41, 5.74) is 1.28. The molecule has 0 bridgehead atoms. The maximum absolute atomic E-state index is 11.7. The monoisotopic (exact) mass is 316 g/mol. The summed E-state index contributed by atoms with van der Waals surface area (Å²) in [7, 11) is 0. The maximum atomic E-state index is 11.7. The molecule has 2 N–H and O–H groups in total. The number of aliphatic hydroxyl groups is 1. The van der Waals surface area contributed by atoms with E-state index in [4.69, 9.17) is 0 Å². The van der Waals surface area contributed by atoms with E-state index in [-0.39, 0.29) is 39.3 Å². The molecule has 0 unspecified atom stereocenters. The zero-order valence-corrected chi connectivity index (χ0v) is 15.2. The van der Waals surface area contributed by atoms with Crippen LogP contribution in [0.2, 0.25) is 0 Å². The smallest absolute Gasteiger partial charge is 0.163 e. The number of aromatic hydroxyl groups is 1. The summed E-state index contributed by atoms with van der Waals surface area (Å²) in [6, 6.07) is 5.23. The molecule has 0 aliphatic rings. The van der Waals surface area contributed by atoms with Crippen LogP contribution >= 0.6 is 0 Å². The van der Waals surface area contributed by atoms with Crippen molar-refractivity contribution >= 4 is 11.5 Å². The molecule has 0 saturated heterocycles. The van der Waals surface area contributed by atoms with Gasteiger partial charge in [-0.1, -0.05) is 52.8 Å². The number of carbonyl (C=O) groups is 1. The highest BCUT2D eigenvalue weighted by Gasteiger charge is 2.34. The summed E-state index contributed by atoms with van der Waals surface area (Å²) >= 11 is 0. The first-order valence-corrected chi connectivity index (χ1v) is 7.84. The molecule has 0 heterocycles. The lowest BCUT2D eigenvalue weighted by atomic mass is 9.65. The van der Waals surface area contributed by atoms with Crippen molar-refractivity contribution in [2.75, 3.05) is 0 Å². The molecule has 0 atom stereocenters. The lowest BCUT2D eigenvalue weighted by molar-refractivity contribution is -0.113. The second-order valence-corrected chi connectivity index (χ2v) is 7.43. The van der Waals surface area contributed by atoms with Gasteiger partial charge in [-0.15, -0.1) is 0 Å². The van der Waals surface area contributed by atoms with E-state index in [0.717, 1.165) is 5.56 Å². The topological polar surface area (TPSA) is 57.5 Å². The number of ketones is 1. The first-order valence-electron chi connectivity index (χ1n) is 7.84. The minimum absolute atomic E-state index is 0.00827. The molecule has 0 aliphatic heterocycles. The Kier molecular flexibility index (Phi) is 5.47. The normalized spacial score (nSPS) is 14.0. The van der Waals surface area contributed by atoms with E-state index in [0.29, 0.717) is 0 Å². The Morgan fingerprint density at radius 3 is 2.09 bits per heavy atom. The number of hydrogen-bond donors (Lipinski definition) is 2. The summed E-state index contributed by atoms with van der Waals surface area (Å²) in [6.45, 7) is 13.8. The molecular formula is C20H28O3. The Morgan fingerprint density at radius 2 is 1.70 bits per heavy atom. The average molecular weight is 316 g/mol. The highest BCUT2D eigenvalue weighted by atomic mass is 16.3. The number of benzene rings is 1. The van der Waals surface area contributed by atoms with Crippen LogP contribution < -0.4 is 0 Å². The summed E-state index contributed by atoms with van der Waals surface area (Å²) in [5.74, 6) is -0.479. The molecule has 23 heavy (non-hydrogen) atoms. The van der Waals surface area contributed by atoms with E-state index in [1.165, 1.54) is 6.92 Å². The SMILES string of the molecule is C/C=C\C(C(C)=O)=C(O)c1ccc(C(C)(C)C(C)(C)C)cc1O. The lowest BCUT2D eigenvalue weighted by Crippen LogP contribution is -2.33. The molecule has 126 valence electrons. The highest BCUT2D eigenvalue weighted by Crippen LogP contribution is 2.42. The maximum Gasteiger partial charge on any atom is 0.163 e. The fourth-order valence-corrected chi connectivity index (χ4v) is 2.23. The first kappa shape index (κ1) is 19.0. The van der Waals surface area contributed by atoms with Crippen LogP contribution in [0.5, 0.6) is 5.75 Å². The van der Waals surface area contributed by atoms with Gasteiger partial charge in [0.15, 0.2) is 5.78 Å². The van der Waals surface area contributed by atoms with E-state index < -0.39 is 0 Å². The summed E-state index contributed by atoms with van der Waals surface area (Å²) < 4.78 is 0. The van der Waals surface area contributed by atoms with Crippen molar-refractivity contribution in [3.63, 3.8) is 0 Å². The van der Waals surface area contributed by atoms with Gasteiger partial charge in [0.25, 0.3) is 0 Å². The molecule has 0 spiro atoms. The number of carbonyl (C=O) groups excluding carboxylic acids is 1. The Bertz CT molecular complexity index is 656. The van der Waals surface area contributed by atoms with Crippen LogP contribution in [0.3, 0.4) is 0 Å². The number of phenols is 1. The number of aliphatic hydroxyl groups excluding tert-OH is 1. The number of allylic oxidation sites excluding steroid dienone is 3. The van der Waals surface area contributed by atoms with Crippen molar-refractivity contribution in [2.24, 2.45) is 5.41 Å². The van der Waals surface area contributed by atoms with Gasteiger partial charge in [0.2, 0.25) is 0 Å². The number of Topliss-reactive ketones (excluding diaryl/α,β-unsaturated/α-hetero) is 1. The van der Waals surface area contributed by atoms with E-state index in [9.17, 15) is 15.0 Å². The molecule has 0 fully saturated rings. The van der Waals surface area contributed by atoms with E-state index >= 15 is 0 Å². The Hall–Kier alpha value is -2.03. The first-order chi connectivity index (χ1) is 10.4. The van der Waals surface area contributed by atoms with Crippen molar-refractivity contribution in [1.82, 2.24) is 0 Å². The van der Waals surface area contributed by atoms with Gasteiger partial charge >= 0.3 is 0 Å². The van der Waals surface area contributed by atoms with Crippen LogP contribution in [0, 0.1) is 5.41 Å². The van der Waals surface area contributed by atoms with E-state index in [1.807, 2.05) is 6.07 Å². The highest BCUT2D eigenvalue weighted by molar-refractivity contribution is 6.02. The molecule has 3 nitrogen and oxygen atoms in total. The van der Waals surface area contributed by atoms with Gasteiger partial charge in [-0.2, -0.15) is 0 Å². The Labute approximate surface area is 139 Å². The van der Waals surface area contributed by atoms with Gasteiger partial charge in [-0.25, -0.2) is 0 Å². The second kappa shape index (κ2) is 6.61. The van der Waals surface area contributed by atoms with Crippen molar-refractivity contribution in [3.05, 3.63) is 47.1 Å². The molecule has 1 aromatic carbocycles. The number of phenolic OH excluding ortho intramolecular Hbond substituents is 1. The summed E-state index contributed by atoms with van der Waals surface area (Å²) in [4.78, 5) is 11.7. The largest absolute Gasteiger partial charge is 0.507 e. The van der Waals surface area contributed by atoms with Gasteiger partial charge in [0, 0.05) is 0 Å². The summed E-state index contributed by atoms with van der Waals surface area (Å²) in [5, 5.41) is 20.7. The minimum Gasteiger partial charge on any atom is -0.507 e. The minimum atomic E-state index is -0.251. The van der Waals surface area contributed by atoms with Crippen LogP contribution in [-0.4, -0.2) is 16.0 Å². The second-order valence-electron chi connectivity index (χ2n) is 7.43. The molecule has 3 heteroatoms. The van der Waals surface area contributed by atoms with Crippen LogP contribution in [-0.2, 0) is 10.2 Å². The standard InChI is InChI=1S/C20H28O3/c1-8-9-15(13(2)21)18(23)16-11-10-14(12-17(16)22)20(6,7)19(3,4)5/h8-12,22-23H,1-7H3/b9-8-,18-15?. The Morgan fingerprint density at radius 1 is 1.13 bits per heavy atom.